The van der Waals surface area contributed by atoms with E-state index in [2.05, 4.69) is 5.16 Å². The Labute approximate surface area is 119 Å². The summed E-state index contributed by atoms with van der Waals surface area (Å²) in [7, 11) is 0. The molecule has 1 heterocycles. The minimum absolute atomic E-state index is 0.0193. The maximum atomic E-state index is 12.6. The molecule has 0 aromatic rings. The number of rotatable bonds is 4. The molecular formula is C13H24N4O3. The highest BCUT2D eigenvalue weighted by Gasteiger charge is 2.37. The maximum absolute atomic E-state index is 12.6. The van der Waals surface area contributed by atoms with Gasteiger partial charge in [0.05, 0.1) is 5.92 Å². The predicted octanol–water partition coefficient (Wildman–Crippen LogP) is 0.117. The van der Waals surface area contributed by atoms with E-state index in [1.165, 1.54) is 0 Å². The van der Waals surface area contributed by atoms with Crippen molar-refractivity contribution >= 4 is 17.6 Å². The molecule has 2 amide bonds. The number of hydrogen-bond acceptors (Lipinski definition) is 4. The molecule has 0 radical (unpaired) electrons. The van der Waals surface area contributed by atoms with Crippen LogP contribution in [0.1, 0.15) is 33.6 Å². The molecule has 0 aromatic carbocycles. The molecule has 114 valence electrons. The molecule has 1 aliphatic rings. The number of piperidine rings is 1. The molecule has 1 aliphatic heterocycles. The van der Waals surface area contributed by atoms with Gasteiger partial charge in [0.2, 0.25) is 11.8 Å². The van der Waals surface area contributed by atoms with Crippen LogP contribution in [-0.4, -0.2) is 40.3 Å². The second-order valence-corrected chi connectivity index (χ2v) is 5.76. The van der Waals surface area contributed by atoms with Gasteiger partial charge in [-0.1, -0.05) is 19.0 Å². The van der Waals surface area contributed by atoms with E-state index in [1.807, 2.05) is 20.8 Å². The number of likely N-dealkylation sites (tertiary alicyclic amines) is 1. The lowest BCUT2D eigenvalue weighted by molar-refractivity contribution is -0.140. The maximum Gasteiger partial charge on any atom is 0.233 e. The van der Waals surface area contributed by atoms with Crippen LogP contribution in [0.4, 0.5) is 0 Å². The Balaban J connectivity index is 2.94. The third kappa shape index (κ3) is 3.40. The highest BCUT2D eigenvalue weighted by atomic mass is 16.4. The zero-order valence-electron chi connectivity index (χ0n) is 12.2. The van der Waals surface area contributed by atoms with Gasteiger partial charge >= 0.3 is 0 Å². The molecule has 7 heteroatoms. The topological polar surface area (TPSA) is 122 Å². The number of oxime groups is 1. The summed E-state index contributed by atoms with van der Waals surface area (Å²) in [6.07, 6.45) is 1.41. The molecule has 0 bridgehead atoms. The highest BCUT2D eigenvalue weighted by molar-refractivity contribution is 6.02. The molecule has 0 aliphatic carbocycles. The van der Waals surface area contributed by atoms with Gasteiger partial charge in [-0.2, -0.15) is 0 Å². The normalized spacial score (nSPS) is 25.6. The van der Waals surface area contributed by atoms with E-state index in [0.717, 1.165) is 6.42 Å². The second-order valence-electron chi connectivity index (χ2n) is 5.76. The van der Waals surface area contributed by atoms with E-state index in [0.29, 0.717) is 13.0 Å². The van der Waals surface area contributed by atoms with Crippen LogP contribution in [0.2, 0.25) is 0 Å². The van der Waals surface area contributed by atoms with E-state index >= 15 is 0 Å². The lowest BCUT2D eigenvalue weighted by atomic mass is 9.88. The highest BCUT2D eigenvalue weighted by Crippen LogP contribution is 2.25. The first kappa shape index (κ1) is 16.3. The SMILES string of the molecule is CC(C)C(C(=O)N1CC(C(N)=O)CCC1C)C(N)=NO. The Kier molecular flexibility index (Phi) is 5.35. The minimum Gasteiger partial charge on any atom is -0.409 e. The average molecular weight is 284 g/mol. The first-order valence-corrected chi connectivity index (χ1v) is 6.86. The van der Waals surface area contributed by atoms with Crippen molar-refractivity contribution in [2.24, 2.45) is 34.4 Å². The fourth-order valence-corrected chi connectivity index (χ4v) is 2.64. The smallest absolute Gasteiger partial charge is 0.233 e. The lowest BCUT2D eigenvalue weighted by Crippen LogP contribution is -2.53. The molecule has 0 spiro atoms. The summed E-state index contributed by atoms with van der Waals surface area (Å²) in [4.78, 5) is 25.6. The van der Waals surface area contributed by atoms with Crippen LogP contribution in [-0.2, 0) is 9.59 Å². The van der Waals surface area contributed by atoms with E-state index in [9.17, 15) is 9.59 Å². The van der Waals surface area contributed by atoms with Crippen LogP contribution in [0.15, 0.2) is 5.16 Å². The Morgan fingerprint density at radius 3 is 2.35 bits per heavy atom. The number of carbonyl (C=O) groups is 2. The number of carbonyl (C=O) groups excluding carboxylic acids is 2. The van der Waals surface area contributed by atoms with Crippen molar-refractivity contribution in [3.05, 3.63) is 0 Å². The van der Waals surface area contributed by atoms with Crippen LogP contribution < -0.4 is 11.5 Å². The molecule has 5 N–H and O–H groups in total. The van der Waals surface area contributed by atoms with Crippen molar-refractivity contribution in [2.75, 3.05) is 6.54 Å². The summed E-state index contributed by atoms with van der Waals surface area (Å²) in [5.74, 6) is -1.81. The van der Waals surface area contributed by atoms with Crippen molar-refractivity contribution in [3.8, 4) is 0 Å². The van der Waals surface area contributed by atoms with E-state index < -0.39 is 5.92 Å². The van der Waals surface area contributed by atoms with Gasteiger partial charge in [-0.05, 0) is 25.7 Å². The fraction of sp³-hybridized carbons (Fsp3) is 0.769. The lowest BCUT2D eigenvalue weighted by Gasteiger charge is -2.39. The molecule has 7 nitrogen and oxygen atoms in total. The zero-order valence-corrected chi connectivity index (χ0v) is 12.2. The monoisotopic (exact) mass is 284 g/mol. The average Bonchev–Trinajstić information content (AvgIpc) is 2.38. The van der Waals surface area contributed by atoms with Crippen molar-refractivity contribution in [1.82, 2.24) is 4.90 Å². The van der Waals surface area contributed by atoms with Gasteiger partial charge in [-0.15, -0.1) is 0 Å². The van der Waals surface area contributed by atoms with Crippen molar-refractivity contribution in [2.45, 2.75) is 39.7 Å². The summed E-state index contributed by atoms with van der Waals surface area (Å²) in [5.41, 5.74) is 11.0. The Morgan fingerprint density at radius 2 is 1.90 bits per heavy atom. The number of amidine groups is 1. The van der Waals surface area contributed by atoms with Gasteiger partial charge in [0.15, 0.2) is 5.84 Å². The standard InChI is InChI=1S/C13H24N4O3/c1-7(2)10(11(14)16-20)13(19)17-6-9(12(15)18)5-4-8(17)3/h7-10,20H,4-6H2,1-3H3,(H2,14,16)(H2,15,18). The van der Waals surface area contributed by atoms with Gasteiger partial charge in [-0.25, -0.2) is 0 Å². The van der Waals surface area contributed by atoms with Gasteiger partial charge in [0, 0.05) is 12.6 Å². The third-order valence-corrected chi connectivity index (χ3v) is 3.93. The molecule has 3 atom stereocenters. The molecule has 1 saturated heterocycles. The number of nitrogens with zero attached hydrogens (tertiary/aromatic N) is 2. The van der Waals surface area contributed by atoms with Crippen molar-refractivity contribution in [3.63, 3.8) is 0 Å². The van der Waals surface area contributed by atoms with Crippen LogP contribution in [0, 0.1) is 17.8 Å². The first-order chi connectivity index (χ1) is 9.29. The molecule has 0 saturated carbocycles. The molecular weight excluding hydrogens is 260 g/mol. The number of primary amides is 1. The van der Waals surface area contributed by atoms with Gasteiger partial charge in [-0.3, -0.25) is 9.59 Å². The predicted molar refractivity (Wildman–Crippen MR) is 74.8 cm³/mol. The van der Waals surface area contributed by atoms with Crippen LogP contribution in [0.3, 0.4) is 0 Å². The fourth-order valence-electron chi connectivity index (χ4n) is 2.64. The summed E-state index contributed by atoms with van der Waals surface area (Å²) in [6, 6.07) is 0.0193. The molecule has 20 heavy (non-hydrogen) atoms. The minimum atomic E-state index is -0.686. The summed E-state index contributed by atoms with van der Waals surface area (Å²) >= 11 is 0. The van der Waals surface area contributed by atoms with Crippen LogP contribution in [0.25, 0.3) is 0 Å². The third-order valence-electron chi connectivity index (χ3n) is 3.93. The van der Waals surface area contributed by atoms with E-state index in [4.69, 9.17) is 16.7 Å². The Hall–Kier alpha value is -1.79. The molecule has 0 aromatic heterocycles. The molecule has 1 fully saturated rings. The van der Waals surface area contributed by atoms with E-state index in [-0.39, 0.29) is 35.5 Å². The van der Waals surface area contributed by atoms with Crippen LogP contribution >= 0.6 is 0 Å². The number of amides is 2. The quantitative estimate of drug-likeness (QED) is 0.293. The van der Waals surface area contributed by atoms with Crippen molar-refractivity contribution < 1.29 is 14.8 Å². The zero-order chi connectivity index (χ0) is 15.4. The Bertz CT molecular complexity index is 408. The molecule has 1 rings (SSSR count). The van der Waals surface area contributed by atoms with Crippen LogP contribution in [0.5, 0.6) is 0 Å². The number of hydrogen-bond donors (Lipinski definition) is 3. The second kappa shape index (κ2) is 6.58. The molecule has 3 unspecified atom stereocenters. The van der Waals surface area contributed by atoms with Gasteiger partial charge < -0.3 is 21.6 Å². The number of nitrogens with two attached hydrogens (primary N) is 2. The Morgan fingerprint density at radius 1 is 1.30 bits per heavy atom. The largest absolute Gasteiger partial charge is 0.409 e. The summed E-state index contributed by atoms with van der Waals surface area (Å²) < 4.78 is 0. The summed E-state index contributed by atoms with van der Waals surface area (Å²) in [5, 5.41) is 11.8. The van der Waals surface area contributed by atoms with Gasteiger partial charge in [0.1, 0.15) is 5.92 Å². The van der Waals surface area contributed by atoms with E-state index in [1.54, 1.807) is 4.90 Å². The van der Waals surface area contributed by atoms with Gasteiger partial charge in [0.25, 0.3) is 0 Å². The summed E-state index contributed by atoms with van der Waals surface area (Å²) in [6.45, 7) is 5.90. The van der Waals surface area contributed by atoms with Crippen molar-refractivity contribution in [1.29, 1.82) is 0 Å². The first-order valence-electron chi connectivity index (χ1n) is 6.86.